The van der Waals surface area contributed by atoms with E-state index in [0.717, 1.165) is 10.8 Å². The van der Waals surface area contributed by atoms with Gasteiger partial charge in [-0.1, -0.05) is 30.3 Å². The van der Waals surface area contributed by atoms with E-state index >= 15 is 0 Å². The van der Waals surface area contributed by atoms with Crippen LogP contribution in [0, 0.1) is 0 Å². The number of aromatic nitrogens is 3. The molecule has 0 saturated carbocycles. The van der Waals surface area contributed by atoms with Crippen molar-refractivity contribution >= 4 is 16.7 Å². The maximum absolute atomic E-state index is 12.0. The summed E-state index contributed by atoms with van der Waals surface area (Å²) in [6, 6.07) is 10.7. The molecule has 100 valence electrons. The van der Waals surface area contributed by atoms with Gasteiger partial charge < -0.3 is 5.11 Å². The lowest BCUT2D eigenvalue weighted by Crippen LogP contribution is -2.19. The van der Waals surface area contributed by atoms with Crippen molar-refractivity contribution in [2.75, 3.05) is 5.43 Å². The van der Waals surface area contributed by atoms with E-state index in [1.807, 2.05) is 18.2 Å². The number of nitrogen functional groups attached to an aromatic ring is 1. The lowest BCUT2D eigenvalue weighted by Gasteiger charge is -2.07. The number of benzene rings is 2. The summed E-state index contributed by atoms with van der Waals surface area (Å²) in [5, 5.41) is 19.2. The Hall–Kier alpha value is -2.93. The average molecular weight is 269 g/mol. The molecule has 0 bridgehead atoms. The second-order valence-corrected chi connectivity index (χ2v) is 4.18. The summed E-state index contributed by atoms with van der Waals surface area (Å²) in [6.07, 6.45) is 0. The maximum Gasteiger partial charge on any atom is 0.279 e. The highest BCUT2D eigenvalue weighted by molar-refractivity contribution is 5.98. The number of hydrogen-bond donors (Lipinski definition) is 4. The molecule has 0 unspecified atom stereocenters. The molecule has 3 rings (SSSR count). The van der Waals surface area contributed by atoms with Crippen molar-refractivity contribution in [3.05, 3.63) is 46.8 Å². The summed E-state index contributed by atoms with van der Waals surface area (Å²) >= 11 is 0. The van der Waals surface area contributed by atoms with Crippen molar-refractivity contribution < 1.29 is 5.11 Å². The molecule has 2 aromatic carbocycles. The van der Waals surface area contributed by atoms with Crippen LogP contribution in [0.3, 0.4) is 0 Å². The van der Waals surface area contributed by atoms with E-state index in [1.165, 1.54) is 6.07 Å². The smallest absolute Gasteiger partial charge is 0.279 e. The van der Waals surface area contributed by atoms with E-state index in [0.29, 0.717) is 5.56 Å². The maximum atomic E-state index is 12.0. The summed E-state index contributed by atoms with van der Waals surface area (Å²) in [6.45, 7) is 0. The number of phenols is 1. The van der Waals surface area contributed by atoms with E-state index in [9.17, 15) is 9.90 Å². The van der Waals surface area contributed by atoms with Gasteiger partial charge in [-0.2, -0.15) is 0 Å². The van der Waals surface area contributed by atoms with Crippen LogP contribution in [0.4, 0.5) is 5.95 Å². The molecule has 20 heavy (non-hydrogen) atoms. The fourth-order valence-electron chi connectivity index (χ4n) is 2.07. The summed E-state index contributed by atoms with van der Waals surface area (Å²) in [7, 11) is 0. The van der Waals surface area contributed by atoms with Crippen LogP contribution in [-0.2, 0) is 0 Å². The molecule has 0 fully saturated rings. The average Bonchev–Trinajstić information content (AvgIpc) is 2.48. The number of aromatic amines is 1. The predicted octanol–water partition coefficient (Wildman–Crippen LogP) is 0.976. The third kappa shape index (κ3) is 1.86. The molecule has 1 aromatic heterocycles. The first-order valence-electron chi connectivity index (χ1n) is 5.85. The van der Waals surface area contributed by atoms with Gasteiger partial charge in [0.1, 0.15) is 5.75 Å². The summed E-state index contributed by atoms with van der Waals surface area (Å²) < 4.78 is 0. The predicted molar refractivity (Wildman–Crippen MR) is 75.1 cm³/mol. The van der Waals surface area contributed by atoms with Crippen molar-refractivity contribution in [2.45, 2.75) is 0 Å². The number of H-pyrrole nitrogens is 1. The fraction of sp³-hybridized carbons (Fsp3) is 0. The number of fused-ring (bicyclic) bond motifs is 1. The number of hydrogen-bond acceptors (Lipinski definition) is 6. The van der Waals surface area contributed by atoms with Crippen LogP contribution in [0.5, 0.6) is 5.75 Å². The van der Waals surface area contributed by atoms with Gasteiger partial charge in [-0.05, 0) is 16.8 Å². The number of aromatic hydroxyl groups is 1. The second kappa shape index (κ2) is 4.63. The molecule has 7 nitrogen and oxygen atoms in total. The standard InChI is InChI=1S/C13H11N5O2/c14-16-13-15-12(20)11(17-18-13)10-8-4-2-1-3-7(8)5-6-9(10)19/h1-6,19H,14H2,(H2,15,16,18,20). The highest BCUT2D eigenvalue weighted by Gasteiger charge is 2.15. The van der Waals surface area contributed by atoms with Crippen molar-refractivity contribution in [3.8, 4) is 17.0 Å². The lowest BCUT2D eigenvalue weighted by molar-refractivity contribution is 0.477. The van der Waals surface area contributed by atoms with Gasteiger partial charge in [0.15, 0.2) is 5.69 Å². The van der Waals surface area contributed by atoms with Crippen molar-refractivity contribution in [1.29, 1.82) is 0 Å². The number of nitrogens with zero attached hydrogens (tertiary/aromatic N) is 2. The van der Waals surface area contributed by atoms with E-state index in [2.05, 4.69) is 20.6 Å². The summed E-state index contributed by atoms with van der Waals surface area (Å²) in [5.41, 5.74) is 2.11. The van der Waals surface area contributed by atoms with Gasteiger partial charge in [-0.15, -0.1) is 10.2 Å². The van der Waals surface area contributed by atoms with E-state index in [4.69, 9.17) is 5.84 Å². The molecule has 7 heteroatoms. The van der Waals surface area contributed by atoms with Crippen molar-refractivity contribution in [2.24, 2.45) is 5.84 Å². The zero-order chi connectivity index (χ0) is 14.1. The van der Waals surface area contributed by atoms with Gasteiger partial charge in [0.25, 0.3) is 5.56 Å². The van der Waals surface area contributed by atoms with Gasteiger partial charge >= 0.3 is 0 Å². The summed E-state index contributed by atoms with van der Waals surface area (Å²) in [4.78, 5) is 14.5. The van der Waals surface area contributed by atoms with Gasteiger partial charge in [0, 0.05) is 0 Å². The Kier molecular flexibility index (Phi) is 2.81. The molecule has 0 saturated heterocycles. The zero-order valence-electron chi connectivity index (χ0n) is 10.3. The molecule has 0 aliphatic rings. The minimum Gasteiger partial charge on any atom is -0.507 e. The Morgan fingerprint density at radius 3 is 2.70 bits per heavy atom. The molecule has 0 aliphatic carbocycles. The van der Waals surface area contributed by atoms with Crippen molar-refractivity contribution in [3.63, 3.8) is 0 Å². The molecule has 0 amide bonds. The molecule has 0 spiro atoms. The van der Waals surface area contributed by atoms with Gasteiger partial charge in [0.2, 0.25) is 5.95 Å². The SMILES string of the molecule is NNc1nnc(-c2c(O)ccc3ccccc23)c(=O)[nH]1. The fourth-order valence-corrected chi connectivity index (χ4v) is 2.07. The molecule has 3 aromatic rings. The first-order valence-corrected chi connectivity index (χ1v) is 5.85. The molecule has 0 atom stereocenters. The minimum atomic E-state index is -0.486. The van der Waals surface area contributed by atoms with Gasteiger partial charge in [-0.3, -0.25) is 15.2 Å². The monoisotopic (exact) mass is 269 g/mol. The highest BCUT2D eigenvalue weighted by Crippen LogP contribution is 2.33. The Morgan fingerprint density at radius 1 is 1.15 bits per heavy atom. The number of nitrogens with one attached hydrogen (secondary N) is 2. The summed E-state index contributed by atoms with van der Waals surface area (Å²) in [5.74, 6) is 5.18. The topological polar surface area (TPSA) is 117 Å². The minimum absolute atomic E-state index is 0.0306. The molecule has 5 N–H and O–H groups in total. The van der Waals surface area contributed by atoms with Crippen LogP contribution in [-0.4, -0.2) is 20.3 Å². The Bertz CT molecular complexity index is 844. The Labute approximate surface area is 113 Å². The van der Waals surface area contributed by atoms with Crippen LogP contribution in [0.25, 0.3) is 22.0 Å². The quantitative estimate of drug-likeness (QED) is 0.407. The molecule has 1 heterocycles. The molecule has 0 aliphatic heterocycles. The van der Waals surface area contributed by atoms with E-state index < -0.39 is 5.56 Å². The number of hydrazine groups is 1. The van der Waals surface area contributed by atoms with Gasteiger partial charge in [0.05, 0.1) is 5.56 Å². The lowest BCUT2D eigenvalue weighted by atomic mass is 10.0. The van der Waals surface area contributed by atoms with Crippen LogP contribution >= 0.6 is 0 Å². The third-order valence-corrected chi connectivity index (χ3v) is 2.98. The van der Waals surface area contributed by atoms with E-state index in [-0.39, 0.29) is 17.4 Å². The first-order chi connectivity index (χ1) is 9.70. The van der Waals surface area contributed by atoms with Crippen LogP contribution in [0.2, 0.25) is 0 Å². The first kappa shape index (κ1) is 12.1. The van der Waals surface area contributed by atoms with E-state index in [1.54, 1.807) is 12.1 Å². The zero-order valence-corrected chi connectivity index (χ0v) is 10.3. The van der Waals surface area contributed by atoms with Gasteiger partial charge in [-0.25, -0.2) is 5.84 Å². The number of phenolic OH excluding ortho intramolecular Hbond substituents is 1. The van der Waals surface area contributed by atoms with Crippen LogP contribution < -0.4 is 16.8 Å². The van der Waals surface area contributed by atoms with Crippen LogP contribution in [0.1, 0.15) is 0 Å². The van der Waals surface area contributed by atoms with Crippen molar-refractivity contribution in [1.82, 2.24) is 15.2 Å². The number of anilines is 1. The normalized spacial score (nSPS) is 10.7. The molecule has 0 radical (unpaired) electrons. The molecular formula is C13H11N5O2. The number of nitrogens with two attached hydrogens (primary N) is 1. The third-order valence-electron chi connectivity index (χ3n) is 2.98. The Morgan fingerprint density at radius 2 is 1.95 bits per heavy atom. The highest BCUT2D eigenvalue weighted by atomic mass is 16.3. The van der Waals surface area contributed by atoms with Crippen LogP contribution in [0.15, 0.2) is 41.2 Å². The molecular weight excluding hydrogens is 258 g/mol. The number of rotatable bonds is 2. The second-order valence-electron chi connectivity index (χ2n) is 4.18. The largest absolute Gasteiger partial charge is 0.507 e. The Balaban J connectivity index is 2.34.